The van der Waals surface area contributed by atoms with E-state index in [9.17, 15) is 4.79 Å². The van der Waals surface area contributed by atoms with E-state index < -0.39 is 0 Å². The van der Waals surface area contributed by atoms with Crippen LogP contribution in [-0.2, 0) is 23.2 Å². The average Bonchev–Trinajstić information content (AvgIpc) is 2.79. The highest BCUT2D eigenvalue weighted by Gasteiger charge is 2.55. The lowest BCUT2D eigenvalue weighted by atomic mass is 9.52. The highest BCUT2D eigenvalue weighted by atomic mass is 35.5. The first-order valence-electron chi connectivity index (χ1n) is 11.0. The molecule has 0 aromatic heterocycles. The number of rotatable bonds is 4. The van der Waals surface area contributed by atoms with Crippen molar-refractivity contribution in [1.82, 2.24) is 4.90 Å². The molecule has 0 radical (unpaired) electrons. The van der Waals surface area contributed by atoms with Gasteiger partial charge in [-0.2, -0.15) is 0 Å². The summed E-state index contributed by atoms with van der Waals surface area (Å²) >= 11 is 5.81. The number of benzene rings is 2. The van der Waals surface area contributed by atoms with Crippen LogP contribution in [0.3, 0.4) is 0 Å². The van der Waals surface area contributed by atoms with Crippen LogP contribution in [0, 0.1) is 5.92 Å². The van der Waals surface area contributed by atoms with Crippen molar-refractivity contribution in [3.8, 4) is 5.75 Å². The van der Waals surface area contributed by atoms with Crippen molar-refractivity contribution in [2.24, 2.45) is 5.92 Å². The average molecular weight is 426 g/mol. The van der Waals surface area contributed by atoms with E-state index in [-0.39, 0.29) is 23.6 Å². The fourth-order valence-electron chi connectivity index (χ4n) is 6.17. The minimum absolute atomic E-state index is 0.151. The van der Waals surface area contributed by atoms with E-state index in [1.807, 2.05) is 41.3 Å². The van der Waals surface area contributed by atoms with E-state index in [0.717, 1.165) is 30.7 Å². The zero-order chi connectivity index (χ0) is 20.6. The van der Waals surface area contributed by atoms with Gasteiger partial charge in [0.2, 0.25) is 0 Å². The summed E-state index contributed by atoms with van der Waals surface area (Å²) in [6, 6.07) is 16.7. The Morgan fingerprint density at radius 2 is 2.00 bits per heavy atom. The molecule has 0 spiro atoms. The first kappa shape index (κ1) is 19.7. The van der Waals surface area contributed by atoms with Gasteiger partial charge in [0.25, 0.3) is 0 Å². The van der Waals surface area contributed by atoms with E-state index in [4.69, 9.17) is 21.1 Å². The predicted molar refractivity (Wildman–Crippen MR) is 117 cm³/mol. The molecule has 4 nitrogen and oxygen atoms in total. The van der Waals surface area contributed by atoms with E-state index in [0.29, 0.717) is 12.5 Å². The first-order valence-corrected chi connectivity index (χ1v) is 11.5. The number of carbonyl (C=O) groups excluding carboxylic acids is 1. The number of carbonyl (C=O) groups is 1. The van der Waals surface area contributed by atoms with Gasteiger partial charge in [-0.1, -0.05) is 60.8 Å². The van der Waals surface area contributed by atoms with Gasteiger partial charge in [0.1, 0.15) is 12.4 Å². The van der Waals surface area contributed by atoms with Gasteiger partial charge in [-0.25, -0.2) is 4.79 Å². The summed E-state index contributed by atoms with van der Waals surface area (Å²) < 4.78 is 11.3. The number of nitrogens with zero attached hydrogens (tertiary/aromatic N) is 1. The zero-order valence-corrected chi connectivity index (χ0v) is 17.9. The number of piperidine rings is 1. The molecule has 30 heavy (non-hydrogen) atoms. The molecule has 1 heterocycles. The molecule has 1 amide bonds. The van der Waals surface area contributed by atoms with E-state index in [1.165, 1.54) is 36.8 Å². The van der Waals surface area contributed by atoms with Crippen molar-refractivity contribution >= 4 is 17.7 Å². The maximum Gasteiger partial charge on any atom is 0.410 e. The van der Waals surface area contributed by atoms with Gasteiger partial charge in [0.15, 0.2) is 6.07 Å². The topological polar surface area (TPSA) is 38.8 Å². The molecule has 2 aliphatic carbocycles. The van der Waals surface area contributed by atoms with Crippen LogP contribution in [0.5, 0.6) is 5.75 Å². The molecule has 5 rings (SSSR count). The number of ether oxygens (including phenoxy) is 2. The number of likely N-dealkylation sites (tertiary alicyclic amines) is 1. The van der Waals surface area contributed by atoms with Crippen molar-refractivity contribution in [1.29, 1.82) is 0 Å². The third kappa shape index (κ3) is 3.35. The Hall–Kier alpha value is -2.20. The van der Waals surface area contributed by atoms with Crippen LogP contribution < -0.4 is 4.74 Å². The zero-order valence-electron chi connectivity index (χ0n) is 17.2. The van der Waals surface area contributed by atoms with Gasteiger partial charge < -0.3 is 14.4 Å². The molecule has 2 bridgehead atoms. The molecular formula is C25H28ClNO3. The van der Waals surface area contributed by atoms with E-state index >= 15 is 0 Å². The fourth-order valence-corrected chi connectivity index (χ4v) is 6.29. The first-order chi connectivity index (χ1) is 14.7. The molecule has 158 valence electrons. The molecular weight excluding hydrogens is 398 g/mol. The summed E-state index contributed by atoms with van der Waals surface area (Å²) in [5, 5.41) is 0. The lowest BCUT2D eigenvalue weighted by molar-refractivity contribution is -0.0137. The molecule has 0 unspecified atom stereocenters. The molecule has 1 saturated heterocycles. The van der Waals surface area contributed by atoms with Gasteiger partial charge in [-0.15, -0.1) is 0 Å². The Bertz CT molecular complexity index is 918. The highest BCUT2D eigenvalue weighted by Crippen LogP contribution is 2.56. The monoisotopic (exact) mass is 425 g/mol. The predicted octanol–water partition coefficient (Wildman–Crippen LogP) is 5.66. The molecule has 1 saturated carbocycles. The van der Waals surface area contributed by atoms with Gasteiger partial charge in [-0.3, -0.25) is 0 Å². The number of alkyl halides is 1. The number of fused-ring (bicyclic) bond motifs is 1. The molecule has 2 fully saturated rings. The Morgan fingerprint density at radius 3 is 2.83 bits per heavy atom. The standard InChI is InChI=1S/C25H28ClNO3/c26-17-30-20-10-9-19-14-23-21-8-4-5-11-25(21,22(19)15-20)12-13-27(23)24(28)29-16-18-6-2-1-3-7-18/h1-3,6-7,9-10,15,21,23H,4-5,8,11-14,16-17H2/t21-,23+,25+/m1/s1. The quantitative estimate of drug-likeness (QED) is 0.593. The normalized spacial score (nSPS) is 27.0. The largest absolute Gasteiger partial charge is 0.478 e. The second-order valence-corrected chi connectivity index (χ2v) is 9.05. The Kier molecular flexibility index (Phi) is 5.36. The Balaban J connectivity index is 1.41. The minimum atomic E-state index is -0.173. The summed E-state index contributed by atoms with van der Waals surface area (Å²) in [4.78, 5) is 15.1. The fraction of sp³-hybridized carbons (Fsp3) is 0.480. The van der Waals surface area contributed by atoms with Gasteiger partial charge in [-0.05, 0) is 60.4 Å². The molecule has 5 heteroatoms. The second kappa shape index (κ2) is 8.14. The summed E-state index contributed by atoms with van der Waals surface area (Å²) in [6.45, 7) is 1.09. The maximum absolute atomic E-state index is 13.1. The lowest BCUT2D eigenvalue weighted by Crippen LogP contribution is -2.62. The minimum Gasteiger partial charge on any atom is -0.478 e. The molecule has 3 atom stereocenters. The molecule has 2 aromatic rings. The van der Waals surface area contributed by atoms with Crippen LogP contribution >= 0.6 is 11.6 Å². The van der Waals surface area contributed by atoms with Crippen LogP contribution in [-0.4, -0.2) is 29.6 Å². The summed E-state index contributed by atoms with van der Waals surface area (Å²) in [5.74, 6) is 1.34. The van der Waals surface area contributed by atoms with Crippen molar-refractivity contribution < 1.29 is 14.3 Å². The van der Waals surface area contributed by atoms with Gasteiger partial charge in [0.05, 0.1) is 0 Å². The van der Waals surface area contributed by atoms with Crippen molar-refractivity contribution in [3.63, 3.8) is 0 Å². The number of amides is 1. The number of hydrogen-bond acceptors (Lipinski definition) is 3. The van der Waals surface area contributed by atoms with Crippen LogP contribution in [0.25, 0.3) is 0 Å². The highest BCUT2D eigenvalue weighted by molar-refractivity contribution is 6.17. The van der Waals surface area contributed by atoms with Crippen LogP contribution in [0.15, 0.2) is 48.5 Å². The third-order valence-corrected chi connectivity index (χ3v) is 7.58. The molecule has 3 aliphatic rings. The SMILES string of the molecule is O=C(OCc1ccccc1)N1CC[C@@]23CCCC[C@@H]2[C@@H]1Cc1ccc(OCCl)cc13. The van der Waals surface area contributed by atoms with Crippen molar-refractivity contribution in [3.05, 3.63) is 65.2 Å². The van der Waals surface area contributed by atoms with E-state index in [2.05, 4.69) is 12.1 Å². The van der Waals surface area contributed by atoms with E-state index in [1.54, 1.807) is 0 Å². The van der Waals surface area contributed by atoms with Crippen molar-refractivity contribution in [2.75, 3.05) is 12.6 Å². The number of halogens is 1. The van der Waals surface area contributed by atoms with Crippen LogP contribution in [0.2, 0.25) is 0 Å². The molecule has 1 aliphatic heterocycles. The van der Waals surface area contributed by atoms with Crippen LogP contribution in [0.4, 0.5) is 4.79 Å². The maximum atomic E-state index is 13.1. The Morgan fingerprint density at radius 1 is 1.13 bits per heavy atom. The molecule has 0 N–H and O–H groups in total. The summed E-state index contributed by atoms with van der Waals surface area (Å²) in [7, 11) is 0. The van der Waals surface area contributed by atoms with Gasteiger partial charge >= 0.3 is 6.09 Å². The Labute approximate surface area is 183 Å². The summed E-state index contributed by atoms with van der Waals surface area (Å²) in [5.41, 5.74) is 3.96. The van der Waals surface area contributed by atoms with Crippen LogP contribution in [0.1, 0.15) is 48.8 Å². The number of hydrogen-bond donors (Lipinski definition) is 0. The third-order valence-electron chi connectivity index (χ3n) is 7.47. The second-order valence-electron chi connectivity index (χ2n) is 8.84. The lowest BCUT2D eigenvalue weighted by Gasteiger charge is -2.58. The van der Waals surface area contributed by atoms with Gasteiger partial charge in [0, 0.05) is 18.0 Å². The smallest absolute Gasteiger partial charge is 0.410 e. The van der Waals surface area contributed by atoms with Crippen molar-refractivity contribution in [2.45, 2.75) is 56.6 Å². The molecule has 2 aromatic carbocycles. The summed E-state index contributed by atoms with van der Waals surface area (Å²) in [6.07, 6.45) is 6.57.